The molecular formula is C18H28N6O2. The van der Waals surface area contributed by atoms with Crippen molar-refractivity contribution in [3.05, 3.63) is 17.7 Å². The molecule has 8 nitrogen and oxygen atoms in total. The summed E-state index contributed by atoms with van der Waals surface area (Å²) in [4.78, 5) is 36.8. The van der Waals surface area contributed by atoms with Crippen molar-refractivity contribution in [2.75, 3.05) is 26.2 Å². The van der Waals surface area contributed by atoms with Crippen LogP contribution < -0.4 is 10.9 Å². The summed E-state index contributed by atoms with van der Waals surface area (Å²) in [6, 6.07) is -0.576. The highest BCUT2D eigenvalue weighted by Gasteiger charge is 2.47. The Bertz CT molecular complexity index is 694. The second-order valence-corrected chi connectivity index (χ2v) is 7.66. The van der Waals surface area contributed by atoms with E-state index >= 15 is 0 Å². The maximum absolute atomic E-state index is 12.9. The number of Topliss-reactive ketones (excluding diaryl/α,β-unsaturated/α-hetero) is 1. The third-order valence-corrected chi connectivity index (χ3v) is 6.37. The lowest BCUT2D eigenvalue weighted by atomic mass is 9.78. The van der Waals surface area contributed by atoms with Gasteiger partial charge in [-0.1, -0.05) is 6.92 Å². The number of nitrogens with one attached hydrogen (secondary N) is 3. The lowest BCUT2D eigenvalue weighted by Gasteiger charge is -2.50. The fourth-order valence-electron chi connectivity index (χ4n) is 4.84. The van der Waals surface area contributed by atoms with Crippen LogP contribution in [-0.2, 0) is 21.5 Å². The van der Waals surface area contributed by atoms with Gasteiger partial charge in [-0.05, 0) is 32.7 Å². The molecule has 2 fully saturated rings. The zero-order valence-electron chi connectivity index (χ0n) is 15.5. The van der Waals surface area contributed by atoms with Crippen LogP contribution in [0.1, 0.15) is 44.5 Å². The number of ketones is 1. The Morgan fingerprint density at radius 3 is 2.62 bits per heavy atom. The standard InChI is InChI=1S/C18H28N6O2/c1-3-24-7-4-13-16(20-11-19-13)18(24)5-8-23(9-6-18)17(26)15-10-14(12(2)25)21-22-15/h11,14-15,21-22H,3-10H2,1-2H3,(H,19,20). The number of aromatic amines is 1. The van der Waals surface area contributed by atoms with Crippen LogP contribution in [0.4, 0.5) is 0 Å². The van der Waals surface area contributed by atoms with Crippen LogP contribution in [0.3, 0.4) is 0 Å². The molecule has 4 heterocycles. The molecule has 0 bridgehead atoms. The van der Waals surface area contributed by atoms with Gasteiger partial charge in [0.25, 0.3) is 0 Å². The van der Waals surface area contributed by atoms with E-state index in [0.717, 1.165) is 45.4 Å². The Labute approximate surface area is 153 Å². The molecule has 0 aromatic carbocycles. The quantitative estimate of drug-likeness (QED) is 0.699. The number of imidazole rings is 1. The summed E-state index contributed by atoms with van der Waals surface area (Å²) in [5, 5.41) is 0. The third-order valence-electron chi connectivity index (χ3n) is 6.37. The first-order valence-electron chi connectivity index (χ1n) is 9.63. The second kappa shape index (κ2) is 6.75. The van der Waals surface area contributed by atoms with Crippen molar-refractivity contribution in [1.82, 2.24) is 30.6 Å². The number of likely N-dealkylation sites (tertiary alicyclic amines) is 1. The van der Waals surface area contributed by atoms with Gasteiger partial charge in [0, 0.05) is 31.7 Å². The lowest BCUT2D eigenvalue weighted by molar-refractivity contribution is -0.136. The second-order valence-electron chi connectivity index (χ2n) is 7.66. The van der Waals surface area contributed by atoms with Crippen LogP contribution in [0, 0.1) is 0 Å². The summed E-state index contributed by atoms with van der Waals surface area (Å²) in [5.74, 6) is 0.162. The van der Waals surface area contributed by atoms with Gasteiger partial charge in [-0.25, -0.2) is 15.8 Å². The van der Waals surface area contributed by atoms with Crippen LogP contribution in [0.25, 0.3) is 0 Å². The number of carbonyl (C=O) groups excluding carboxylic acids is 2. The average Bonchev–Trinajstić information content (AvgIpc) is 3.32. The van der Waals surface area contributed by atoms with Gasteiger partial charge < -0.3 is 9.88 Å². The molecule has 2 saturated heterocycles. The van der Waals surface area contributed by atoms with Gasteiger partial charge in [0.1, 0.15) is 11.8 Å². The first-order chi connectivity index (χ1) is 12.5. The van der Waals surface area contributed by atoms with Crippen molar-refractivity contribution in [2.45, 2.75) is 57.2 Å². The molecular weight excluding hydrogens is 332 g/mol. The van der Waals surface area contributed by atoms with E-state index in [-0.39, 0.29) is 29.3 Å². The van der Waals surface area contributed by atoms with Crippen molar-refractivity contribution in [3.63, 3.8) is 0 Å². The van der Waals surface area contributed by atoms with Crippen LogP contribution >= 0.6 is 0 Å². The topological polar surface area (TPSA) is 93.4 Å². The molecule has 26 heavy (non-hydrogen) atoms. The molecule has 1 aromatic heterocycles. The zero-order chi connectivity index (χ0) is 18.3. The number of hydrogen-bond donors (Lipinski definition) is 3. The molecule has 0 saturated carbocycles. The van der Waals surface area contributed by atoms with Crippen molar-refractivity contribution < 1.29 is 9.59 Å². The molecule has 2 unspecified atom stereocenters. The number of fused-ring (bicyclic) bond motifs is 2. The monoisotopic (exact) mass is 360 g/mol. The Balaban J connectivity index is 1.46. The van der Waals surface area contributed by atoms with Crippen LogP contribution in [0.5, 0.6) is 0 Å². The van der Waals surface area contributed by atoms with Gasteiger partial charge in [0.15, 0.2) is 0 Å². The van der Waals surface area contributed by atoms with E-state index in [1.54, 1.807) is 13.3 Å². The van der Waals surface area contributed by atoms with E-state index in [2.05, 4.69) is 32.6 Å². The van der Waals surface area contributed by atoms with Gasteiger partial charge in [0.2, 0.25) is 5.91 Å². The molecule has 2 atom stereocenters. The fraction of sp³-hybridized carbons (Fsp3) is 0.722. The van der Waals surface area contributed by atoms with E-state index < -0.39 is 0 Å². The Morgan fingerprint density at radius 1 is 1.23 bits per heavy atom. The normalized spacial score (nSPS) is 28.3. The van der Waals surface area contributed by atoms with E-state index in [1.165, 1.54) is 11.4 Å². The van der Waals surface area contributed by atoms with Gasteiger partial charge in [-0.15, -0.1) is 0 Å². The summed E-state index contributed by atoms with van der Waals surface area (Å²) in [5.41, 5.74) is 8.31. The minimum absolute atomic E-state index is 0.0532. The number of hydrogen-bond acceptors (Lipinski definition) is 6. The molecule has 0 radical (unpaired) electrons. The van der Waals surface area contributed by atoms with Gasteiger partial charge in [-0.2, -0.15) is 0 Å². The van der Waals surface area contributed by atoms with E-state index in [9.17, 15) is 9.59 Å². The lowest BCUT2D eigenvalue weighted by Crippen LogP contribution is -2.58. The third kappa shape index (κ3) is 2.76. The molecule has 8 heteroatoms. The summed E-state index contributed by atoms with van der Waals surface area (Å²) in [7, 11) is 0. The zero-order valence-corrected chi connectivity index (χ0v) is 15.5. The molecule has 142 valence electrons. The largest absolute Gasteiger partial charge is 0.348 e. The van der Waals surface area contributed by atoms with Crippen molar-refractivity contribution in [1.29, 1.82) is 0 Å². The summed E-state index contributed by atoms with van der Waals surface area (Å²) in [6.07, 6.45) is 5.15. The minimum Gasteiger partial charge on any atom is -0.348 e. The first-order valence-corrected chi connectivity index (χ1v) is 9.63. The van der Waals surface area contributed by atoms with Crippen LogP contribution in [0.2, 0.25) is 0 Å². The number of rotatable bonds is 3. The molecule has 1 amide bonds. The number of nitrogens with zero attached hydrogens (tertiary/aromatic N) is 3. The number of likely N-dealkylation sites (N-methyl/N-ethyl adjacent to an activating group) is 1. The molecule has 3 aliphatic rings. The molecule has 3 N–H and O–H groups in total. The predicted octanol–water partition coefficient (Wildman–Crippen LogP) is -0.0705. The number of aromatic nitrogens is 2. The van der Waals surface area contributed by atoms with Crippen molar-refractivity contribution in [2.24, 2.45) is 0 Å². The van der Waals surface area contributed by atoms with Gasteiger partial charge >= 0.3 is 0 Å². The van der Waals surface area contributed by atoms with Gasteiger partial charge in [-0.3, -0.25) is 14.5 Å². The maximum atomic E-state index is 12.9. The molecule has 0 aliphatic carbocycles. The Hall–Kier alpha value is -1.77. The molecule has 3 aliphatic heterocycles. The number of amides is 1. The van der Waals surface area contributed by atoms with Gasteiger partial charge in [0.05, 0.1) is 23.6 Å². The molecule has 1 aromatic rings. The van der Waals surface area contributed by atoms with E-state index in [4.69, 9.17) is 0 Å². The van der Waals surface area contributed by atoms with Crippen molar-refractivity contribution >= 4 is 11.7 Å². The SMILES string of the molecule is CCN1CCc2[nH]cnc2C12CCN(C(=O)C1CC(C(C)=O)NN1)CC2. The number of H-pyrrole nitrogens is 1. The highest BCUT2D eigenvalue weighted by molar-refractivity contribution is 5.86. The number of piperidine rings is 1. The first kappa shape index (κ1) is 17.6. The molecule has 4 rings (SSSR count). The van der Waals surface area contributed by atoms with Crippen molar-refractivity contribution in [3.8, 4) is 0 Å². The maximum Gasteiger partial charge on any atom is 0.241 e. The average molecular weight is 360 g/mol. The van der Waals surface area contributed by atoms with E-state index in [0.29, 0.717) is 6.42 Å². The summed E-state index contributed by atoms with van der Waals surface area (Å²) >= 11 is 0. The highest BCUT2D eigenvalue weighted by Crippen LogP contribution is 2.42. The minimum atomic E-state index is -0.312. The van der Waals surface area contributed by atoms with Crippen LogP contribution in [-0.4, -0.2) is 69.7 Å². The number of hydrazine groups is 1. The predicted molar refractivity (Wildman–Crippen MR) is 96.2 cm³/mol. The Kier molecular flexibility index (Phi) is 4.58. The van der Waals surface area contributed by atoms with Crippen LogP contribution in [0.15, 0.2) is 6.33 Å². The summed E-state index contributed by atoms with van der Waals surface area (Å²) < 4.78 is 0. The summed E-state index contributed by atoms with van der Waals surface area (Å²) in [6.45, 7) is 7.24. The fourth-order valence-corrected chi connectivity index (χ4v) is 4.84. The highest BCUT2D eigenvalue weighted by atomic mass is 16.2. The Morgan fingerprint density at radius 2 is 1.96 bits per heavy atom. The number of carbonyl (C=O) groups is 2. The van der Waals surface area contributed by atoms with E-state index in [1.807, 2.05) is 4.90 Å². The molecule has 1 spiro atoms. The smallest absolute Gasteiger partial charge is 0.241 e.